The maximum atomic E-state index is 12.6. The quantitative estimate of drug-likeness (QED) is 0.753. The number of carbonyl (C=O) groups is 2. The summed E-state index contributed by atoms with van der Waals surface area (Å²) in [5.41, 5.74) is 0.107. The van der Waals surface area contributed by atoms with Crippen LogP contribution >= 0.6 is 0 Å². The van der Waals surface area contributed by atoms with Crippen LogP contribution in [0.2, 0.25) is 0 Å². The molecule has 2 heterocycles. The predicted octanol–water partition coefficient (Wildman–Crippen LogP) is 2.89. The molecule has 2 aromatic rings. The molecule has 1 saturated carbocycles. The van der Waals surface area contributed by atoms with Crippen molar-refractivity contribution in [1.82, 2.24) is 20.1 Å². The lowest BCUT2D eigenvalue weighted by atomic mass is 9.83. The highest BCUT2D eigenvalue weighted by Crippen LogP contribution is 2.27. The fourth-order valence-electron chi connectivity index (χ4n) is 3.66. The Morgan fingerprint density at radius 1 is 1.31 bits per heavy atom. The molecule has 1 N–H and O–H groups in total. The number of esters is 1. The first kappa shape index (κ1) is 20.5. The summed E-state index contributed by atoms with van der Waals surface area (Å²) in [6, 6.07) is 7.66. The van der Waals surface area contributed by atoms with E-state index >= 15 is 0 Å². The van der Waals surface area contributed by atoms with Gasteiger partial charge < -0.3 is 10.1 Å². The number of aromatic nitrogens is 3. The van der Waals surface area contributed by atoms with Crippen molar-refractivity contribution in [2.45, 2.75) is 57.4 Å². The van der Waals surface area contributed by atoms with Crippen LogP contribution in [0.5, 0.6) is 0 Å². The third-order valence-corrected chi connectivity index (χ3v) is 5.07. The number of nitrogens with zero attached hydrogens (tertiary/aromatic N) is 4. The van der Waals surface area contributed by atoms with Crippen LogP contribution in [0.15, 0.2) is 30.6 Å². The van der Waals surface area contributed by atoms with Crippen LogP contribution in [0.3, 0.4) is 0 Å². The molecule has 1 amide bonds. The molecule has 0 spiro atoms. The maximum absolute atomic E-state index is 12.6. The van der Waals surface area contributed by atoms with Crippen molar-refractivity contribution in [1.29, 1.82) is 5.26 Å². The molecule has 0 aromatic carbocycles. The van der Waals surface area contributed by atoms with Crippen molar-refractivity contribution >= 4 is 11.9 Å². The minimum absolute atomic E-state index is 0.0139. The Kier molecular flexibility index (Phi) is 6.27. The van der Waals surface area contributed by atoms with Crippen LogP contribution < -0.4 is 5.32 Å². The molecule has 0 atom stereocenters. The topological polar surface area (TPSA) is 110 Å². The summed E-state index contributed by atoms with van der Waals surface area (Å²) in [6.07, 6.45) is 7.19. The van der Waals surface area contributed by atoms with Gasteiger partial charge in [0.25, 0.3) is 5.91 Å². The Labute approximate surface area is 169 Å². The van der Waals surface area contributed by atoms with Gasteiger partial charge in [-0.2, -0.15) is 10.4 Å². The van der Waals surface area contributed by atoms with Crippen LogP contribution in [0, 0.1) is 11.3 Å². The van der Waals surface area contributed by atoms with Gasteiger partial charge in [0.1, 0.15) is 11.1 Å². The highest BCUT2D eigenvalue weighted by molar-refractivity contribution is 5.92. The molecule has 1 aliphatic carbocycles. The molecular weight excluding hydrogens is 370 g/mol. The molecule has 29 heavy (non-hydrogen) atoms. The fourth-order valence-corrected chi connectivity index (χ4v) is 3.66. The molecule has 0 saturated heterocycles. The molecule has 0 aliphatic heterocycles. The van der Waals surface area contributed by atoms with Crippen molar-refractivity contribution in [2.24, 2.45) is 0 Å². The Morgan fingerprint density at radius 3 is 2.69 bits per heavy atom. The van der Waals surface area contributed by atoms with Gasteiger partial charge in [0.05, 0.1) is 18.0 Å². The van der Waals surface area contributed by atoms with Gasteiger partial charge in [0, 0.05) is 6.20 Å². The molecule has 3 rings (SSSR count). The number of pyridine rings is 1. The van der Waals surface area contributed by atoms with E-state index in [1.165, 1.54) is 6.20 Å². The van der Waals surface area contributed by atoms with E-state index in [1.54, 1.807) is 23.0 Å². The Balaban J connectivity index is 1.69. The first-order valence-corrected chi connectivity index (χ1v) is 9.84. The number of ether oxygens (including phenoxy) is 1. The number of rotatable bonds is 6. The zero-order valence-electron chi connectivity index (χ0n) is 16.7. The van der Waals surface area contributed by atoms with Gasteiger partial charge in [0.15, 0.2) is 12.4 Å². The van der Waals surface area contributed by atoms with Crippen LogP contribution in [-0.2, 0) is 9.53 Å². The number of nitriles is 1. The lowest BCUT2D eigenvalue weighted by molar-refractivity contribution is -0.125. The lowest BCUT2D eigenvalue weighted by Crippen LogP contribution is -2.50. The van der Waals surface area contributed by atoms with Crippen LogP contribution in [0.1, 0.15) is 67.9 Å². The van der Waals surface area contributed by atoms with Gasteiger partial charge >= 0.3 is 5.97 Å². The van der Waals surface area contributed by atoms with Gasteiger partial charge in [-0.3, -0.25) is 4.79 Å². The van der Waals surface area contributed by atoms with E-state index in [2.05, 4.69) is 21.5 Å². The summed E-state index contributed by atoms with van der Waals surface area (Å²) in [5, 5.41) is 16.5. The van der Waals surface area contributed by atoms with E-state index in [0.717, 1.165) is 19.3 Å². The van der Waals surface area contributed by atoms with Crippen LogP contribution in [0.25, 0.3) is 5.82 Å². The third-order valence-electron chi connectivity index (χ3n) is 5.07. The third kappa shape index (κ3) is 4.62. The molecule has 0 unspecified atom stereocenters. The summed E-state index contributed by atoms with van der Waals surface area (Å²) in [5.74, 6) is -0.507. The molecular formula is C21H25N5O3. The number of amides is 1. The second-order valence-corrected chi connectivity index (χ2v) is 7.58. The highest BCUT2D eigenvalue weighted by atomic mass is 16.5. The minimum Gasteiger partial charge on any atom is -0.452 e. The summed E-state index contributed by atoms with van der Waals surface area (Å²) < 4.78 is 6.83. The fraction of sp³-hybridized carbons (Fsp3) is 0.476. The summed E-state index contributed by atoms with van der Waals surface area (Å²) in [7, 11) is 0. The number of carbonyl (C=O) groups excluding carboxylic acids is 2. The van der Waals surface area contributed by atoms with Crippen molar-refractivity contribution in [3.8, 4) is 11.9 Å². The Morgan fingerprint density at radius 2 is 2.07 bits per heavy atom. The van der Waals surface area contributed by atoms with Gasteiger partial charge in [-0.1, -0.05) is 39.2 Å². The molecule has 0 bridgehead atoms. The summed E-state index contributed by atoms with van der Waals surface area (Å²) in [6.45, 7) is 3.45. The van der Waals surface area contributed by atoms with Gasteiger partial charge in [-0.25, -0.2) is 14.5 Å². The zero-order chi connectivity index (χ0) is 20.9. The van der Waals surface area contributed by atoms with Crippen molar-refractivity contribution in [2.75, 3.05) is 6.61 Å². The SMILES string of the molecule is CC(C)c1c(C(=O)OCC(=O)NC2(C#N)CCCCC2)cnn1-c1ccccn1. The minimum atomic E-state index is -0.852. The van der Waals surface area contributed by atoms with Gasteiger partial charge in [-0.15, -0.1) is 0 Å². The smallest absolute Gasteiger partial charge is 0.342 e. The second-order valence-electron chi connectivity index (χ2n) is 7.58. The van der Waals surface area contributed by atoms with Crippen LogP contribution in [-0.4, -0.2) is 38.8 Å². The predicted molar refractivity (Wildman–Crippen MR) is 105 cm³/mol. The first-order chi connectivity index (χ1) is 14.0. The van der Waals surface area contributed by atoms with E-state index in [9.17, 15) is 14.9 Å². The van der Waals surface area contributed by atoms with E-state index in [1.807, 2.05) is 19.9 Å². The van der Waals surface area contributed by atoms with E-state index in [0.29, 0.717) is 29.9 Å². The second kappa shape index (κ2) is 8.86. The first-order valence-electron chi connectivity index (χ1n) is 9.84. The molecule has 1 fully saturated rings. The molecule has 1 aliphatic rings. The summed E-state index contributed by atoms with van der Waals surface area (Å²) >= 11 is 0. The maximum Gasteiger partial charge on any atom is 0.342 e. The van der Waals surface area contributed by atoms with Crippen molar-refractivity contribution in [3.05, 3.63) is 41.9 Å². The Bertz CT molecular complexity index is 908. The number of hydrogen-bond acceptors (Lipinski definition) is 6. The summed E-state index contributed by atoms with van der Waals surface area (Å²) in [4.78, 5) is 29.2. The molecule has 8 nitrogen and oxygen atoms in total. The van der Waals surface area contributed by atoms with Gasteiger partial charge in [-0.05, 0) is 30.9 Å². The van der Waals surface area contributed by atoms with E-state index in [-0.39, 0.29) is 5.92 Å². The number of hydrogen-bond donors (Lipinski definition) is 1. The normalized spacial score (nSPS) is 15.5. The monoisotopic (exact) mass is 395 g/mol. The highest BCUT2D eigenvalue weighted by Gasteiger charge is 2.34. The van der Waals surface area contributed by atoms with Crippen molar-refractivity contribution < 1.29 is 14.3 Å². The lowest BCUT2D eigenvalue weighted by Gasteiger charge is -2.31. The number of nitrogens with one attached hydrogen (secondary N) is 1. The molecule has 152 valence electrons. The Hall–Kier alpha value is -3.21. The van der Waals surface area contributed by atoms with E-state index in [4.69, 9.17) is 4.74 Å². The molecule has 8 heteroatoms. The zero-order valence-corrected chi connectivity index (χ0v) is 16.7. The van der Waals surface area contributed by atoms with Gasteiger partial charge in [0.2, 0.25) is 0 Å². The average Bonchev–Trinajstić information content (AvgIpc) is 3.19. The average molecular weight is 395 g/mol. The standard InChI is InChI=1S/C21H25N5O3/c1-15(2)19-16(12-24-26(19)17-8-4-7-11-23-17)20(28)29-13-18(27)25-21(14-22)9-5-3-6-10-21/h4,7-8,11-12,15H,3,5-6,9-10,13H2,1-2H3,(H,25,27). The molecule has 2 aromatic heterocycles. The van der Waals surface area contributed by atoms with Crippen LogP contribution in [0.4, 0.5) is 0 Å². The van der Waals surface area contributed by atoms with E-state index < -0.39 is 24.0 Å². The van der Waals surface area contributed by atoms with Crippen molar-refractivity contribution in [3.63, 3.8) is 0 Å². The largest absolute Gasteiger partial charge is 0.452 e. The molecule has 0 radical (unpaired) electrons.